The summed E-state index contributed by atoms with van der Waals surface area (Å²) in [7, 11) is 0. The fourth-order valence-corrected chi connectivity index (χ4v) is 3.49. The normalized spacial score (nSPS) is 11.3. The Labute approximate surface area is 157 Å². The molecule has 4 nitrogen and oxygen atoms in total. The van der Waals surface area contributed by atoms with Crippen molar-refractivity contribution in [3.63, 3.8) is 0 Å². The van der Waals surface area contributed by atoms with Gasteiger partial charge in [-0.05, 0) is 37.1 Å². The predicted octanol–water partition coefficient (Wildman–Crippen LogP) is 5.23. The molecule has 0 unspecified atom stereocenters. The average Bonchev–Trinajstić information content (AvgIpc) is 3.11. The van der Waals surface area contributed by atoms with E-state index < -0.39 is 0 Å². The van der Waals surface area contributed by atoms with E-state index in [0.29, 0.717) is 0 Å². The van der Waals surface area contributed by atoms with Crippen LogP contribution in [0.5, 0.6) is 0 Å². The molecule has 5 rings (SSSR count). The first-order valence-electron chi connectivity index (χ1n) is 8.96. The molecule has 0 fully saturated rings. The standard InChI is InChI=1S/C23H18N4/c1-15-7-9-17(10-8-15)18-12-24-23-21(13-25-27(23)14-18)20-11-16(2)26-22-6-4-3-5-19(20)22/h3-14H,1-2H3. The molecule has 0 aliphatic rings. The molecule has 130 valence electrons. The summed E-state index contributed by atoms with van der Waals surface area (Å²) < 4.78 is 1.86. The summed E-state index contributed by atoms with van der Waals surface area (Å²) in [6.07, 6.45) is 5.84. The van der Waals surface area contributed by atoms with Crippen LogP contribution in [0.25, 0.3) is 38.8 Å². The molecule has 0 aliphatic carbocycles. The fraction of sp³-hybridized carbons (Fsp3) is 0.0870. The van der Waals surface area contributed by atoms with Gasteiger partial charge in [-0.25, -0.2) is 9.50 Å². The first-order valence-corrected chi connectivity index (χ1v) is 8.96. The molecule has 0 saturated heterocycles. The first kappa shape index (κ1) is 15.7. The first-order chi connectivity index (χ1) is 13.2. The van der Waals surface area contributed by atoms with Gasteiger partial charge < -0.3 is 0 Å². The van der Waals surface area contributed by atoms with E-state index in [1.165, 1.54) is 5.56 Å². The van der Waals surface area contributed by atoms with E-state index in [9.17, 15) is 0 Å². The highest BCUT2D eigenvalue weighted by molar-refractivity contribution is 5.98. The van der Waals surface area contributed by atoms with Gasteiger partial charge >= 0.3 is 0 Å². The Kier molecular flexibility index (Phi) is 3.50. The minimum atomic E-state index is 0.849. The van der Waals surface area contributed by atoms with E-state index in [1.54, 1.807) is 0 Å². The molecule has 0 amide bonds. The number of benzene rings is 2. The van der Waals surface area contributed by atoms with Gasteiger partial charge in [0, 0.05) is 34.6 Å². The monoisotopic (exact) mass is 350 g/mol. The number of fused-ring (bicyclic) bond motifs is 2. The maximum atomic E-state index is 4.73. The average molecular weight is 350 g/mol. The van der Waals surface area contributed by atoms with Crippen LogP contribution in [0.3, 0.4) is 0 Å². The molecule has 0 saturated carbocycles. The zero-order valence-corrected chi connectivity index (χ0v) is 15.2. The number of rotatable bonds is 2. The van der Waals surface area contributed by atoms with Crippen LogP contribution >= 0.6 is 0 Å². The quantitative estimate of drug-likeness (QED) is 0.438. The molecule has 2 aromatic carbocycles. The van der Waals surface area contributed by atoms with Crippen molar-refractivity contribution < 1.29 is 0 Å². The molecule has 4 heteroatoms. The van der Waals surface area contributed by atoms with Crippen molar-refractivity contribution in [2.75, 3.05) is 0 Å². The Morgan fingerprint density at radius 2 is 1.63 bits per heavy atom. The molecular formula is C23H18N4. The maximum Gasteiger partial charge on any atom is 0.162 e. The van der Waals surface area contributed by atoms with Crippen LogP contribution in [0.2, 0.25) is 0 Å². The lowest BCUT2D eigenvalue weighted by atomic mass is 10.0. The van der Waals surface area contributed by atoms with Crippen molar-refractivity contribution in [2.24, 2.45) is 0 Å². The van der Waals surface area contributed by atoms with E-state index in [1.807, 2.05) is 48.2 Å². The van der Waals surface area contributed by atoms with Crippen molar-refractivity contribution in [1.82, 2.24) is 19.6 Å². The van der Waals surface area contributed by atoms with Gasteiger partial charge in [-0.15, -0.1) is 0 Å². The maximum absolute atomic E-state index is 4.73. The SMILES string of the molecule is Cc1ccc(-c2cnc3c(-c4cc(C)nc5ccccc45)cnn3c2)cc1. The van der Waals surface area contributed by atoms with E-state index in [0.717, 1.165) is 44.5 Å². The van der Waals surface area contributed by atoms with Gasteiger partial charge in [0.05, 0.1) is 11.7 Å². The van der Waals surface area contributed by atoms with Crippen LogP contribution in [0.1, 0.15) is 11.3 Å². The summed E-state index contributed by atoms with van der Waals surface area (Å²) >= 11 is 0. The molecular weight excluding hydrogens is 332 g/mol. The van der Waals surface area contributed by atoms with Gasteiger partial charge in [-0.1, -0.05) is 48.0 Å². The van der Waals surface area contributed by atoms with E-state index in [4.69, 9.17) is 4.98 Å². The van der Waals surface area contributed by atoms with Gasteiger partial charge in [0.1, 0.15) is 0 Å². The van der Waals surface area contributed by atoms with Gasteiger partial charge in [-0.3, -0.25) is 4.98 Å². The Hall–Kier alpha value is -3.53. The van der Waals surface area contributed by atoms with Gasteiger partial charge in [-0.2, -0.15) is 5.10 Å². The van der Waals surface area contributed by atoms with Crippen molar-refractivity contribution in [2.45, 2.75) is 13.8 Å². The van der Waals surface area contributed by atoms with E-state index >= 15 is 0 Å². The summed E-state index contributed by atoms with van der Waals surface area (Å²) in [6.45, 7) is 4.11. The predicted molar refractivity (Wildman–Crippen MR) is 109 cm³/mol. The number of aromatic nitrogens is 4. The van der Waals surface area contributed by atoms with Gasteiger partial charge in [0.2, 0.25) is 0 Å². The van der Waals surface area contributed by atoms with Crippen LogP contribution in [0.4, 0.5) is 0 Å². The van der Waals surface area contributed by atoms with Crippen molar-refractivity contribution in [1.29, 1.82) is 0 Å². The summed E-state index contributed by atoms with van der Waals surface area (Å²) in [6, 6.07) is 18.7. The van der Waals surface area contributed by atoms with Gasteiger partial charge in [0.25, 0.3) is 0 Å². The zero-order chi connectivity index (χ0) is 18.4. The van der Waals surface area contributed by atoms with Crippen LogP contribution in [0, 0.1) is 13.8 Å². The zero-order valence-electron chi connectivity index (χ0n) is 15.2. The fourth-order valence-electron chi connectivity index (χ4n) is 3.49. The van der Waals surface area contributed by atoms with Crippen LogP contribution in [0.15, 0.2) is 73.2 Å². The summed E-state index contributed by atoms with van der Waals surface area (Å²) in [4.78, 5) is 9.37. The van der Waals surface area contributed by atoms with Crippen LogP contribution < -0.4 is 0 Å². The smallest absolute Gasteiger partial charge is 0.162 e. The Morgan fingerprint density at radius 3 is 2.48 bits per heavy atom. The number of aryl methyl sites for hydroxylation is 2. The highest BCUT2D eigenvalue weighted by Gasteiger charge is 2.13. The third-order valence-corrected chi connectivity index (χ3v) is 4.88. The van der Waals surface area contributed by atoms with Crippen molar-refractivity contribution in [3.05, 3.63) is 84.4 Å². The van der Waals surface area contributed by atoms with Gasteiger partial charge in [0.15, 0.2) is 5.65 Å². The van der Waals surface area contributed by atoms with E-state index in [-0.39, 0.29) is 0 Å². The van der Waals surface area contributed by atoms with Crippen LogP contribution in [-0.2, 0) is 0 Å². The minimum Gasteiger partial charge on any atom is -0.253 e. The second-order valence-corrected chi connectivity index (χ2v) is 6.86. The lowest BCUT2D eigenvalue weighted by Gasteiger charge is -2.07. The third kappa shape index (κ3) is 2.66. The third-order valence-electron chi connectivity index (χ3n) is 4.88. The minimum absolute atomic E-state index is 0.849. The number of nitrogens with zero attached hydrogens (tertiary/aromatic N) is 4. The Morgan fingerprint density at radius 1 is 0.815 bits per heavy atom. The molecule has 3 aromatic heterocycles. The lowest BCUT2D eigenvalue weighted by molar-refractivity contribution is 0.941. The topological polar surface area (TPSA) is 43.1 Å². The molecule has 27 heavy (non-hydrogen) atoms. The number of hydrogen-bond acceptors (Lipinski definition) is 3. The molecule has 5 aromatic rings. The number of pyridine rings is 1. The summed E-state index contributed by atoms with van der Waals surface area (Å²) in [5.74, 6) is 0. The van der Waals surface area contributed by atoms with Crippen molar-refractivity contribution in [3.8, 4) is 22.3 Å². The molecule has 3 heterocycles. The Balaban J connectivity index is 1.69. The second-order valence-electron chi connectivity index (χ2n) is 6.86. The molecule has 0 aliphatic heterocycles. The molecule has 0 radical (unpaired) electrons. The Bertz CT molecular complexity index is 1280. The molecule has 0 N–H and O–H groups in total. The summed E-state index contributed by atoms with van der Waals surface area (Å²) in [5, 5.41) is 5.68. The second kappa shape index (κ2) is 6.02. The highest BCUT2D eigenvalue weighted by atomic mass is 15.2. The summed E-state index contributed by atoms with van der Waals surface area (Å²) in [5.41, 5.74) is 8.39. The van der Waals surface area contributed by atoms with E-state index in [2.05, 4.69) is 53.4 Å². The van der Waals surface area contributed by atoms with Crippen LogP contribution in [-0.4, -0.2) is 19.6 Å². The molecule has 0 spiro atoms. The number of hydrogen-bond donors (Lipinski definition) is 0. The van der Waals surface area contributed by atoms with Crippen molar-refractivity contribution >= 4 is 16.6 Å². The lowest BCUT2D eigenvalue weighted by Crippen LogP contribution is -1.93. The largest absolute Gasteiger partial charge is 0.253 e. The molecule has 0 bridgehead atoms. The number of para-hydroxylation sites is 1. The highest BCUT2D eigenvalue weighted by Crippen LogP contribution is 2.31. The molecule has 0 atom stereocenters.